The minimum atomic E-state index is 0.438. The predicted octanol–water partition coefficient (Wildman–Crippen LogP) is 3.55. The first-order valence-corrected chi connectivity index (χ1v) is 7.13. The highest BCUT2D eigenvalue weighted by atomic mass is 15.1. The van der Waals surface area contributed by atoms with Crippen LogP contribution in [0.25, 0.3) is 0 Å². The highest BCUT2D eigenvalue weighted by Crippen LogP contribution is 2.50. The standard InChI is InChI=1S/C16H25N3/c1-12(2)10-16(7-8-16)11-18-15(17)19-14-6-4-5-13(3)9-14/h4-6,9,12H,7-8,10-11H2,1-3H3,(H3,17,18,19). The van der Waals surface area contributed by atoms with Crippen LogP contribution in [-0.2, 0) is 0 Å². The zero-order valence-electron chi connectivity index (χ0n) is 12.2. The Kier molecular flexibility index (Phi) is 4.13. The molecule has 1 aromatic carbocycles. The summed E-state index contributed by atoms with van der Waals surface area (Å²) < 4.78 is 0. The molecule has 1 aromatic rings. The van der Waals surface area contributed by atoms with Gasteiger partial charge in [-0.1, -0.05) is 26.0 Å². The molecule has 0 spiro atoms. The molecule has 0 unspecified atom stereocenters. The van der Waals surface area contributed by atoms with E-state index in [4.69, 9.17) is 5.73 Å². The Morgan fingerprint density at radius 1 is 1.42 bits per heavy atom. The fraction of sp³-hybridized carbons (Fsp3) is 0.562. The summed E-state index contributed by atoms with van der Waals surface area (Å²) in [4.78, 5) is 4.52. The molecule has 1 aliphatic rings. The maximum Gasteiger partial charge on any atom is 0.193 e. The van der Waals surface area contributed by atoms with E-state index in [1.54, 1.807) is 0 Å². The molecule has 3 nitrogen and oxygen atoms in total. The van der Waals surface area contributed by atoms with Gasteiger partial charge in [-0.15, -0.1) is 0 Å². The number of rotatable bonds is 5. The quantitative estimate of drug-likeness (QED) is 0.627. The van der Waals surface area contributed by atoms with Gasteiger partial charge in [0.25, 0.3) is 0 Å². The van der Waals surface area contributed by atoms with E-state index in [-0.39, 0.29) is 0 Å². The Balaban J connectivity index is 1.89. The van der Waals surface area contributed by atoms with Gasteiger partial charge in [-0.25, -0.2) is 0 Å². The summed E-state index contributed by atoms with van der Waals surface area (Å²) in [5, 5.41) is 3.16. The topological polar surface area (TPSA) is 50.4 Å². The van der Waals surface area contributed by atoms with E-state index in [2.05, 4.69) is 43.2 Å². The van der Waals surface area contributed by atoms with Crippen molar-refractivity contribution in [3.8, 4) is 0 Å². The lowest BCUT2D eigenvalue weighted by molar-refractivity contribution is 0.399. The van der Waals surface area contributed by atoms with Crippen LogP contribution in [0.15, 0.2) is 29.3 Å². The van der Waals surface area contributed by atoms with E-state index in [9.17, 15) is 0 Å². The van der Waals surface area contributed by atoms with E-state index in [1.807, 2.05) is 12.1 Å². The summed E-state index contributed by atoms with van der Waals surface area (Å²) in [6.45, 7) is 7.48. The van der Waals surface area contributed by atoms with Crippen molar-refractivity contribution < 1.29 is 0 Å². The Bertz CT molecular complexity index is 459. The van der Waals surface area contributed by atoms with Crippen LogP contribution in [0.4, 0.5) is 5.69 Å². The fourth-order valence-electron chi connectivity index (χ4n) is 2.63. The average Bonchev–Trinajstić information content (AvgIpc) is 3.06. The third-order valence-electron chi connectivity index (χ3n) is 3.67. The minimum absolute atomic E-state index is 0.438. The van der Waals surface area contributed by atoms with Crippen LogP contribution in [0, 0.1) is 18.3 Å². The molecule has 1 saturated carbocycles. The molecule has 3 N–H and O–H groups in total. The van der Waals surface area contributed by atoms with E-state index >= 15 is 0 Å². The Hall–Kier alpha value is -1.51. The van der Waals surface area contributed by atoms with Crippen LogP contribution >= 0.6 is 0 Å². The lowest BCUT2D eigenvalue weighted by Crippen LogP contribution is -2.24. The second-order valence-corrected chi connectivity index (χ2v) is 6.29. The molecule has 104 valence electrons. The van der Waals surface area contributed by atoms with Crippen molar-refractivity contribution in [2.75, 3.05) is 11.9 Å². The van der Waals surface area contributed by atoms with Crippen molar-refractivity contribution in [1.29, 1.82) is 0 Å². The van der Waals surface area contributed by atoms with Crippen molar-refractivity contribution in [1.82, 2.24) is 0 Å². The van der Waals surface area contributed by atoms with Gasteiger partial charge in [-0.05, 0) is 55.2 Å². The number of benzene rings is 1. The van der Waals surface area contributed by atoms with E-state index < -0.39 is 0 Å². The van der Waals surface area contributed by atoms with Crippen LogP contribution in [0.1, 0.15) is 38.7 Å². The molecular formula is C16H25N3. The normalized spacial score (nSPS) is 17.6. The Morgan fingerprint density at radius 2 is 2.16 bits per heavy atom. The zero-order chi connectivity index (χ0) is 13.9. The number of nitrogens with one attached hydrogen (secondary N) is 1. The smallest absolute Gasteiger partial charge is 0.193 e. The molecule has 0 atom stereocenters. The van der Waals surface area contributed by atoms with Crippen LogP contribution in [-0.4, -0.2) is 12.5 Å². The Labute approximate surface area is 116 Å². The number of anilines is 1. The van der Waals surface area contributed by atoms with E-state index in [0.717, 1.165) is 18.2 Å². The highest BCUT2D eigenvalue weighted by Gasteiger charge is 2.42. The molecule has 0 aliphatic heterocycles. The van der Waals surface area contributed by atoms with E-state index in [1.165, 1.54) is 24.8 Å². The van der Waals surface area contributed by atoms with Gasteiger partial charge in [0, 0.05) is 12.2 Å². The van der Waals surface area contributed by atoms with Gasteiger partial charge in [0.1, 0.15) is 0 Å². The molecule has 3 heteroatoms. The van der Waals surface area contributed by atoms with Crippen molar-refractivity contribution in [3.63, 3.8) is 0 Å². The molecular weight excluding hydrogens is 234 g/mol. The van der Waals surface area contributed by atoms with Gasteiger partial charge in [-0.3, -0.25) is 4.99 Å². The SMILES string of the molecule is Cc1cccc(NC(N)=NCC2(CC(C)C)CC2)c1. The fourth-order valence-corrected chi connectivity index (χ4v) is 2.63. The van der Waals surface area contributed by atoms with Crippen LogP contribution in [0.2, 0.25) is 0 Å². The van der Waals surface area contributed by atoms with Crippen LogP contribution in [0.3, 0.4) is 0 Å². The molecule has 0 bridgehead atoms. The largest absolute Gasteiger partial charge is 0.370 e. The number of hydrogen-bond acceptors (Lipinski definition) is 1. The lowest BCUT2D eigenvalue weighted by Gasteiger charge is -2.15. The van der Waals surface area contributed by atoms with E-state index in [0.29, 0.717) is 11.4 Å². The number of hydrogen-bond donors (Lipinski definition) is 2. The molecule has 0 amide bonds. The van der Waals surface area contributed by atoms with Gasteiger partial charge in [0.2, 0.25) is 0 Å². The van der Waals surface area contributed by atoms with Crippen LogP contribution < -0.4 is 11.1 Å². The summed E-state index contributed by atoms with van der Waals surface area (Å²) in [5.74, 6) is 1.27. The van der Waals surface area contributed by atoms with Gasteiger partial charge < -0.3 is 11.1 Å². The summed E-state index contributed by atoms with van der Waals surface area (Å²) in [7, 11) is 0. The number of nitrogens with zero attached hydrogens (tertiary/aromatic N) is 1. The molecule has 0 radical (unpaired) electrons. The van der Waals surface area contributed by atoms with Gasteiger partial charge in [-0.2, -0.15) is 0 Å². The summed E-state index contributed by atoms with van der Waals surface area (Å²) in [6, 6.07) is 8.17. The molecule has 0 saturated heterocycles. The third-order valence-corrected chi connectivity index (χ3v) is 3.67. The zero-order valence-corrected chi connectivity index (χ0v) is 12.2. The first-order valence-electron chi connectivity index (χ1n) is 7.13. The molecule has 2 rings (SSSR count). The summed E-state index contributed by atoms with van der Waals surface area (Å²) in [6.07, 6.45) is 3.85. The first-order chi connectivity index (χ1) is 8.99. The maximum atomic E-state index is 5.96. The van der Waals surface area contributed by atoms with Crippen molar-refractivity contribution in [3.05, 3.63) is 29.8 Å². The Morgan fingerprint density at radius 3 is 2.74 bits per heavy atom. The number of aliphatic imine (C=N–C) groups is 1. The molecule has 0 heterocycles. The van der Waals surface area contributed by atoms with Crippen molar-refractivity contribution in [2.24, 2.45) is 22.1 Å². The number of aryl methyl sites for hydroxylation is 1. The summed E-state index contributed by atoms with van der Waals surface area (Å²) in [5.41, 5.74) is 8.63. The van der Waals surface area contributed by atoms with Crippen LogP contribution in [0.5, 0.6) is 0 Å². The molecule has 1 aliphatic carbocycles. The monoisotopic (exact) mass is 259 g/mol. The summed E-state index contributed by atoms with van der Waals surface area (Å²) >= 11 is 0. The third kappa shape index (κ3) is 4.27. The number of guanidine groups is 1. The second-order valence-electron chi connectivity index (χ2n) is 6.29. The predicted molar refractivity (Wildman–Crippen MR) is 82.4 cm³/mol. The maximum absolute atomic E-state index is 5.96. The number of nitrogens with two attached hydrogens (primary N) is 1. The van der Waals surface area contributed by atoms with Crippen molar-refractivity contribution in [2.45, 2.75) is 40.0 Å². The van der Waals surface area contributed by atoms with Gasteiger partial charge in [0.15, 0.2) is 5.96 Å². The lowest BCUT2D eigenvalue weighted by atomic mass is 9.94. The first kappa shape index (κ1) is 13.9. The van der Waals surface area contributed by atoms with Gasteiger partial charge in [0.05, 0.1) is 0 Å². The van der Waals surface area contributed by atoms with Gasteiger partial charge >= 0.3 is 0 Å². The molecule has 0 aromatic heterocycles. The molecule has 1 fully saturated rings. The second kappa shape index (κ2) is 5.64. The molecule has 19 heavy (non-hydrogen) atoms. The highest BCUT2D eigenvalue weighted by molar-refractivity contribution is 5.92. The average molecular weight is 259 g/mol. The minimum Gasteiger partial charge on any atom is -0.370 e. The van der Waals surface area contributed by atoms with Crippen molar-refractivity contribution >= 4 is 11.6 Å².